The zero-order valence-corrected chi connectivity index (χ0v) is 13.1. The number of carbonyl (C=O) groups is 1. The molecule has 0 N–H and O–H groups in total. The average Bonchev–Trinajstić information content (AvgIpc) is 2.65. The first-order valence-electron chi connectivity index (χ1n) is 7.14. The van der Waals surface area contributed by atoms with Crippen LogP contribution < -0.4 is 0 Å². The SMILES string of the molecule is COC(=O)C=C(C=Cc1cccc(C#N)c1)c1cccc(C#N)c1. The van der Waals surface area contributed by atoms with E-state index in [2.05, 4.69) is 12.1 Å². The van der Waals surface area contributed by atoms with Crippen molar-refractivity contribution < 1.29 is 9.53 Å². The van der Waals surface area contributed by atoms with Crippen molar-refractivity contribution in [1.29, 1.82) is 10.5 Å². The fourth-order valence-corrected chi connectivity index (χ4v) is 2.08. The van der Waals surface area contributed by atoms with Crippen LogP contribution in [0.1, 0.15) is 22.3 Å². The molecule has 2 rings (SSSR count). The second kappa shape index (κ2) is 8.12. The van der Waals surface area contributed by atoms with Crippen LogP contribution in [-0.4, -0.2) is 13.1 Å². The Kier molecular flexibility index (Phi) is 5.66. The molecule has 0 spiro atoms. The van der Waals surface area contributed by atoms with Gasteiger partial charge in [0, 0.05) is 6.08 Å². The molecule has 0 atom stereocenters. The third-order valence-corrected chi connectivity index (χ3v) is 3.27. The molecule has 2 aromatic rings. The smallest absolute Gasteiger partial charge is 0.331 e. The second-order valence-electron chi connectivity index (χ2n) is 4.89. The lowest BCUT2D eigenvalue weighted by Crippen LogP contribution is -1.96. The van der Waals surface area contributed by atoms with Gasteiger partial charge in [-0.1, -0.05) is 36.4 Å². The first-order chi connectivity index (χ1) is 11.7. The summed E-state index contributed by atoms with van der Waals surface area (Å²) >= 11 is 0. The molecule has 0 aliphatic carbocycles. The summed E-state index contributed by atoms with van der Waals surface area (Å²) in [5.74, 6) is -0.484. The summed E-state index contributed by atoms with van der Waals surface area (Å²) in [5, 5.41) is 18.0. The third kappa shape index (κ3) is 4.43. The van der Waals surface area contributed by atoms with Crippen molar-refractivity contribution in [3.05, 3.63) is 82.9 Å². The van der Waals surface area contributed by atoms with Crippen molar-refractivity contribution in [2.75, 3.05) is 7.11 Å². The van der Waals surface area contributed by atoms with Gasteiger partial charge in [-0.15, -0.1) is 0 Å². The van der Waals surface area contributed by atoms with Gasteiger partial charge in [0.05, 0.1) is 30.4 Å². The number of nitrogens with zero attached hydrogens (tertiary/aromatic N) is 2. The van der Waals surface area contributed by atoms with Crippen LogP contribution in [-0.2, 0) is 9.53 Å². The number of nitriles is 2. The lowest BCUT2D eigenvalue weighted by Gasteiger charge is -2.04. The van der Waals surface area contributed by atoms with E-state index in [9.17, 15) is 4.79 Å². The Morgan fingerprint density at radius 1 is 1.04 bits per heavy atom. The number of ether oxygens (including phenoxy) is 1. The predicted molar refractivity (Wildman–Crippen MR) is 91.3 cm³/mol. The average molecular weight is 314 g/mol. The van der Waals surface area contributed by atoms with Gasteiger partial charge in [-0.25, -0.2) is 4.79 Å². The molecule has 0 aromatic heterocycles. The van der Waals surface area contributed by atoms with Crippen molar-refractivity contribution in [3.8, 4) is 12.1 Å². The Balaban J connectivity index is 2.42. The number of allylic oxidation sites excluding steroid dienone is 2. The zero-order chi connectivity index (χ0) is 17.4. The van der Waals surface area contributed by atoms with Gasteiger partial charge in [0.2, 0.25) is 0 Å². The third-order valence-electron chi connectivity index (χ3n) is 3.27. The zero-order valence-electron chi connectivity index (χ0n) is 13.1. The maximum atomic E-state index is 11.6. The molecular formula is C20H14N2O2. The first-order valence-corrected chi connectivity index (χ1v) is 7.14. The topological polar surface area (TPSA) is 73.9 Å². The van der Waals surface area contributed by atoms with Gasteiger partial charge in [0.25, 0.3) is 0 Å². The lowest BCUT2D eigenvalue weighted by molar-refractivity contribution is -0.134. The molecule has 0 saturated heterocycles. The Labute approximate surface area is 140 Å². The van der Waals surface area contributed by atoms with E-state index < -0.39 is 5.97 Å². The minimum absolute atomic E-state index is 0.484. The second-order valence-corrected chi connectivity index (χ2v) is 4.89. The molecule has 24 heavy (non-hydrogen) atoms. The molecule has 0 aliphatic heterocycles. The highest BCUT2D eigenvalue weighted by Gasteiger charge is 2.04. The first kappa shape index (κ1) is 16.7. The van der Waals surface area contributed by atoms with Crippen LogP contribution in [0.5, 0.6) is 0 Å². The molecule has 0 amide bonds. The van der Waals surface area contributed by atoms with Gasteiger partial charge in [-0.2, -0.15) is 10.5 Å². The molecule has 0 bridgehead atoms. The van der Waals surface area contributed by atoms with Crippen LogP contribution in [0.3, 0.4) is 0 Å². The highest BCUT2D eigenvalue weighted by Crippen LogP contribution is 2.19. The molecular weight excluding hydrogens is 300 g/mol. The molecule has 0 radical (unpaired) electrons. The standard InChI is InChI=1S/C20H14N2O2/c1-24-20(23)12-19(18-7-3-6-17(11-18)14-22)9-8-15-4-2-5-16(10-15)13-21/h2-12H,1H3. The maximum absolute atomic E-state index is 11.6. The van der Waals surface area contributed by atoms with Crippen molar-refractivity contribution in [2.45, 2.75) is 0 Å². The molecule has 0 aliphatic rings. The summed E-state index contributed by atoms with van der Waals surface area (Å²) in [4.78, 5) is 11.6. The van der Waals surface area contributed by atoms with Crippen LogP contribution >= 0.6 is 0 Å². The molecule has 116 valence electrons. The molecule has 0 fully saturated rings. The van der Waals surface area contributed by atoms with Gasteiger partial charge in [0.1, 0.15) is 0 Å². The van der Waals surface area contributed by atoms with Crippen LogP contribution in [0, 0.1) is 22.7 Å². The van der Waals surface area contributed by atoms with E-state index in [1.165, 1.54) is 13.2 Å². The quantitative estimate of drug-likeness (QED) is 0.490. The number of methoxy groups -OCH3 is 1. The van der Waals surface area contributed by atoms with Gasteiger partial charge in [0.15, 0.2) is 0 Å². The van der Waals surface area contributed by atoms with Crippen LogP contribution in [0.4, 0.5) is 0 Å². The van der Waals surface area contributed by atoms with Crippen molar-refractivity contribution in [1.82, 2.24) is 0 Å². The van der Waals surface area contributed by atoms with Crippen LogP contribution in [0.15, 0.2) is 60.7 Å². The normalized spacial score (nSPS) is 10.9. The minimum Gasteiger partial charge on any atom is -0.466 e. The molecule has 0 heterocycles. The van der Waals surface area contributed by atoms with E-state index >= 15 is 0 Å². The van der Waals surface area contributed by atoms with E-state index in [-0.39, 0.29) is 0 Å². The Bertz CT molecular complexity index is 896. The molecule has 4 nitrogen and oxygen atoms in total. The van der Waals surface area contributed by atoms with E-state index in [4.69, 9.17) is 15.3 Å². The monoisotopic (exact) mass is 314 g/mol. The minimum atomic E-state index is -0.484. The maximum Gasteiger partial charge on any atom is 0.331 e. The number of hydrogen-bond donors (Lipinski definition) is 0. The van der Waals surface area contributed by atoms with Gasteiger partial charge in [-0.05, 0) is 41.0 Å². The summed E-state index contributed by atoms with van der Waals surface area (Å²) < 4.78 is 4.69. The molecule has 4 heteroatoms. The summed E-state index contributed by atoms with van der Waals surface area (Å²) in [6.45, 7) is 0. The number of hydrogen-bond acceptors (Lipinski definition) is 4. The van der Waals surface area contributed by atoms with Gasteiger partial charge < -0.3 is 4.74 Å². The number of carbonyl (C=O) groups excluding carboxylic acids is 1. The van der Waals surface area contributed by atoms with E-state index in [0.717, 1.165) is 11.1 Å². The lowest BCUT2D eigenvalue weighted by atomic mass is 10.0. The van der Waals surface area contributed by atoms with E-state index in [1.54, 1.807) is 48.6 Å². The Morgan fingerprint density at radius 2 is 1.71 bits per heavy atom. The number of esters is 1. The Hall–Kier alpha value is -3.63. The summed E-state index contributed by atoms with van der Waals surface area (Å²) in [6.07, 6.45) is 4.92. The Morgan fingerprint density at radius 3 is 2.38 bits per heavy atom. The molecule has 0 saturated carbocycles. The van der Waals surface area contributed by atoms with Crippen molar-refractivity contribution in [3.63, 3.8) is 0 Å². The number of rotatable bonds is 4. The largest absolute Gasteiger partial charge is 0.466 e. The summed E-state index contributed by atoms with van der Waals surface area (Å²) in [7, 11) is 1.31. The summed E-state index contributed by atoms with van der Waals surface area (Å²) in [5.41, 5.74) is 3.24. The van der Waals surface area contributed by atoms with Gasteiger partial charge in [-0.3, -0.25) is 0 Å². The predicted octanol–water partition coefficient (Wildman–Crippen LogP) is 3.70. The highest BCUT2D eigenvalue weighted by molar-refractivity contribution is 5.95. The number of benzene rings is 2. The van der Waals surface area contributed by atoms with Crippen molar-refractivity contribution in [2.24, 2.45) is 0 Å². The molecule has 0 unspecified atom stereocenters. The van der Waals surface area contributed by atoms with Gasteiger partial charge >= 0.3 is 5.97 Å². The van der Waals surface area contributed by atoms with Crippen LogP contribution in [0.2, 0.25) is 0 Å². The fraction of sp³-hybridized carbons (Fsp3) is 0.0500. The van der Waals surface area contributed by atoms with Crippen LogP contribution in [0.25, 0.3) is 11.6 Å². The van der Waals surface area contributed by atoms with E-state index in [1.807, 2.05) is 12.1 Å². The van der Waals surface area contributed by atoms with E-state index in [0.29, 0.717) is 16.7 Å². The summed E-state index contributed by atoms with van der Waals surface area (Å²) in [6, 6.07) is 18.2. The highest BCUT2D eigenvalue weighted by atomic mass is 16.5. The van der Waals surface area contributed by atoms with Crippen molar-refractivity contribution >= 4 is 17.6 Å². The molecule has 2 aromatic carbocycles. The fourth-order valence-electron chi connectivity index (χ4n) is 2.08.